The van der Waals surface area contributed by atoms with Crippen molar-refractivity contribution < 1.29 is 14.4 Å². The van der Waals surface area contributed by atoms with Gasteiger partial charge in [0.2, 0.25) is 5.91 Å². The molecule has 0 atom stereocenters. The van der Waals surface area contributed by atoms with Gasteiger partial charge < -0.3 is 16.0 Å². The maximum atomic E-state index is 13.2. The number of halogens is 1. The fourth-order valence-electron chi connectivity index (χ4n) is 3.30. The van der Waals surface area contributed by atoms with E-state index in [1.165, 1.54) is 11.8 Å². The molecule has 0 unspecified atom stereocenters. The molecule has 190 valence electrons. The number of hydrogen-bond acceptors (Lipinski definition) is 5. The van der Waals surface area contributed by atoms with Gasteiger partial charge in [0.05, 0.1) is 5.75 Å². The molecule has 9 heteroatoms. The van der Waals surface area contributed by atoms with Crippen molar-refractivity contribution in [3.63, 3.8) is 0 Å². The SMILES string of the molecule is O=C(CSc1ccc(NC(=O)/C(=C/c2cccc(Br)c2)NC(=O)c2ccccc2)cc1)Nc1ccccn1. The largest absolute Gasteiger partial charge is 0.321 e. The molecule has 7 nitrogen and oxygen atoms in total. The number of anilines is 2. The van der Waals surface area contributed by atoms with E-state index in [1.54, 1.807) is 66.9 Å². The quantitative estimate of drug-likeness (QED) is 0.165. The summed E-state index contributed by atoms with van der Waals surface area (Å²) in [4.78, 5) is 43.1. The van der Waals surface area contributed by atoms with Crippen LogP contribution in [0, 0.1) is 0 Å². The zero-order valence-corrected chi connectivity index (χ0v) is 22.5. The van der Waals surface area contributed by atoms with E-state index in [-0.39, 0.29) is 17.4 Å². The van der Waals surface area contributed by atoms with Gasteiger partial charge in [-0.25, -0.2) is 4.98 Å². The molecule has 4 rings (SSSR count). The summed E-state index contributed by atoms with van der Waals surface area (Å²) < 4.78 is 0.849. The van der Waals surface area contributed by atoms with Gasteiger partial charge in [-0.05, 0) is 72.3 Å². The van der Waals surface area contributed by atoms with E-state index in [2.05, 4.69) is 36.9 Å². The number of thioether (sulfide) groups is 1. The zero-order valence-electron chi connectivity index (χ0n) is 20.1. The van der Waals surface area contributed by atoms with Gasteiger partial charge in [0.15, 0.2) is 0 Å². The average Bonchev–Trinajstić information content (AvgIpc) is 2.93. The molecule has 3 N–H and O–H groups in total. The lowest BCUT2D eigenvalue weighted by Crippen LogP contribution is -2.30. The zero-order chi connectivity index (χ0) is 26.7. The second kappa shape index (κ2) is 13.4. The molecule has 0 radical (unpaired) electrons. The van der Waals surface area contributed by atoms with Crippen LogP contribution in [0.1, 0.15) is 15.9 Å². The number of nitrogens with zero attached hydrogens (tertiary/aromatic N) is 1. The minimum absolute atomic E-state index is 0.0987. The summed E-state index contributed by atoms with van der Waals surface area (Å²) in [7, 11) is 0. The number of carbonyl (C=O) groups is 3. The van der Waals surface area contributed by atoms with E-state index in [0.29, 0.717) is 17.1 Å². The van der Waals surface area contributed by atoms with Crippen LogP contribution >= 0.6 is 27.7 Å². The van der Waals surface area contributed by atoms with Gasteiger partial charge in [-0.15, -0.1) is 11.8 Å². The third-order valence-corrected chi connectivity index (χ3v) is 6.61. The first-order chi connectivity index (χ1) is 18.5. The Balaban J connectivity index is 1.41. The van der Waals surface area contributed by atoms with Crippen molar-refractivity contribution >= 4 is 63.0 Å². The van der Waals surface area contributed by atoms with Crippen molar-refractivity contribution in [3.8, 4) is 0 Å². The standard InChI is InChI=1S/C29H23BrN4O3S/c30-22-10-6-7-20(17-22)18-25(33-28(36)21-8-2-1-3-9-21)29(37)32-23-12-14-24(15-13-23)38-19-27(35)34-26-11-4-5-16-31-26/h1-18H,19H2,(H,32,37)(H,33,36)(H,31,34,35)/b25-18-. The second-order valence-electron chi connectivity index (χ2n) is 7.96. The Kier molecular flexibility index (Phi) is 9.44. The molecule has 0 spiro atoms. The van der Waals surface area contributed by atoms with Crippen molar-refractivity contribution in [2.75, 3.05) is 16.4 Å². The number of carbonyl (C=O) groups excluding carboxylic acids is 3. The molecule has 1 heterocycles. The topological polar surface area (TPSA) is 100 Å². The lowest BCUT2D eigenvalue weighted by molar-refractivity contribution is -0.114. The van der Waals surface area contributed by atoms with Gasteiger partial charge in [0, 0.05) is 26.8 Å². The van der Waals surface area contributed by atoms with Crippen molar-refractivity contribution in [1.82, 2.24) is 10.3 Å². The third-order valence-electron chi connectivity index (χ3n) is 5.10. The fourth-order valence-corrected chi connectivity index (χ4v) is 4.42. The van der Waals surface area contributed by atoms with Crippen molar-refractivity contribution in [2.45, 2.75) is 4.90 Å². The van der Waals surface area contributed by atoms with Crippen LogP contribution in [0.3, 0.4) is 0 Å². The molecule has 3 amide bonds. The van der Waals surface area contributed by atoms with Gasteiger partial charge in [0.1, 0.15) is 11.5 Å². The molecule has 3 aromatic carbocycles. The summed E-state index contributed by atoms with van der Waals surface area (Å²) in [6, 6.07) is 28.5. The molecule has 0 fully saturated rings. The Bertz CT molecular complexity index is 1450. The Morgan fingerprint density at radius 3 is 2.32 bits per heavy atom. The van der Waals surface area contributed by atoms with E-state index >= 15 is 0 Å². The van der Waals surface area contributed by atoms with Gasteiger partial charge in [-0.3, -0.25) is 14.4 Å². The normalized spacial score (nSPS) is 10.9. The number of pyridine rings is 1. The Labute approximate surface area is 232 Å². The van der Waals surface area contributed by atoms with Crippen molar-refractivity contribution in [1.29, 1.82) is 0 Å². The number of nitrogens with one attached hydrogen (secondary N) is 3. The predicted molar refractivity (Wildman–Crippen MR) is 155 cm³/mol. The van der Waals surface area contributed by atoms with Crippen molar-refractivity contribution in [2.24, 2.45) is 0 Å². The van der Waals surface area contributed by atoms with Crippen LogP contribution in [0.15, 0.2) is 118 Å². The summed E-state index contributed by atoms with van der Waals surface area (Å²) in [5, 5.41) is 8.30. The molecule has 1 aromatic heterocycles. The smallest absolute Gasteiger partial charge is 0.272 e. The highest BCUT2D eigenvalue weighted by atomic mass is 79.9. The van der Waals surface area contributed by atoms with Crippen LogP contribution in [-0.4, -0.2) is 28.5 Å². The minimum Gasteiger partial charge on any atom is -0.321 e. The minimum atomic E-state index is -0.468. The molecule has 0 saturated heterocycles. The highest BCUT2D eigenvalue weighted by Gasteiger charge is 2.15. The summed E-state index contributed by atoms with van der Waals surface area (Å²) in [6.45, 7) is 0. The summed E-state index contributed by atoms with van der Waals surface area (Å²) in [6.07, 6.45) is 3.23. The average molecular weight is 587 g/mol. The first-order valence-corrected chi connectivity index (χ1v) is 13.3. The first kappa shape index (κ1) is 26.8. The predicted octanol–water partition coefficient (Wildman–Crippen LogP) is 5.98. The van der Waals surface area contributed by atoms with E-state index in [9.17, 15) is 14.4 Å². The molecule has 4 aromatic rings. The monoisotopic (exact) mass is 586 g/mol. The van der Waals surface area contributed by atoms with Gasteiger partial charge >= 0.3 is 0 Å². The Morgan fingerprint density at radius 1 is 0.842 bits per heavy atom. The third kappa shape index (κ3) is 8.16. The Hall–Kier alpha value is -4.21. The summed E-state index contributed by atoms with van der Waals surface area (Å²) >= 11 is 4.79. The lowest BCUT2D eigenvalue weighted by Gasteiger charge is -2.12. The summed E-state index contributed by atoms with van der Waals surface area (Å²) in [5.74, 6) is -0.306. The van der Waals surface area contributed by atoms with E-state index in [0.717, 1.165) is 14.9 Å². The van der Waals surface area contributed by atoms with Crippen molar-refractivity contribution in [3.05, 3.63) is 125 Å². The van der Waals surface area contributed by atoms with E-state index in [1.807, 2.05) is 42.5 Å². The van der Waals surface area contributed by atoms with Crippen LogP contribution in [-0.2, 0) is 9.59 Å². The number of amides is 3. The number of benzene rings is 3. The highest BCUT2D eigenvalue weighted by molar-refractivity contribution is 9.10. The van der Waals surface area contributed by atoms with Crippen LogP contribution < -0.4 is 16.0 Å². The molecule has 0 saturated carbocycles. The molecule has 38 heavy (non-hydrogen) atoms. The maximum Gasteiger partial charge on any atom is 0.272 e. The molecular weight excluding hydrogens is 564 g/mol. The highest BCUT2D eigenvalue weighted by Crippen LogP contribution is 2.21. The van der Waals surface area contributed by atoms with E-state index < -0.39 is 11.8 Å². The lowest BCUT2D eigenvalue weighted by atomic mass is 10.1. The van der Waals surface area contributed by atoms with Crippen LogP contribution in [0.25, 0.3) is 6.08 Å². The molecule has 0 bridgehead atoms. The van der Waals surface area contributed by atoms with Gasteiger partial charge in [-0.1, -0.05) is 52.3 Å². The Morgan fingerprint density at radius 2 is 1.61 bits per heavy atom. The molecular formula is C29H23BrN4O3S. The number of aromatic nitrogens is 1. The molecule has 0 aliphatic heterocycles. The van der Waals surface area contributed by atoms with Gasteiger partial charge in [0.25, 0.3) is 11.8 Å². The molecule has 0 aliphatic rings. The number of rotatable bonds is 9. The second-order valence-corrected chi connectivity index (χ2v) is 9.93. The summed E-state index contributed by atoms with van der Waals surface area (Å²) in [5.41, 5.74) is 1.83. The molecule has 0 aliphatic carbocycles. The van der Waals surface area contributed by atoms with E-state index in [4.69, 9.17) is 0 Å². The van der Waals surface area contributed by atoms with Crippen LogP contribution in [0.4, 0.5) is 11.5 Å². The van der Waals surface area contributed by atoms with Crippen LogP contribution in [0.2, 0.25) is 0 Å². The maximum absolute atomic E-state index is 13.2. The first-order valence-electron chi connectivity index (χ1n) is 11.5. The fraction of sp³-hybridized carbons (Fsp3) is 0.0345. The van der Waals surface area contributed by atoms with Gasteiger partial charge in [-0.2, -0.15) is 0 Å². The van der Waals surface area contributed by atoms with Crippen LogP contribution in [0.5, 0.6) is 0 Å². The number of hydrogen-bond donors (Lipinski definition) is 3.